The minimum Gasteiger partial charge on any atom is -0.655 e. The van der Waals surface area contributed by atoms with E-state index in [1.807, 2.05) is 0 Å². The maximum atomic E-state index is 5.96. The van der Waals surface area contributed by atoms with Crippen molar-refractivity contribution in [1.82, 2.24) is 0 Å². The SMILES string of the molecule is Cc1cccc(C)c1[N-][Si]1([Si](C)(C)C)N(CC(C)(C)C)c2ccccc2N1CC(C)(C)C.[Li+]. The van der Waals surface area contributed by atoms with Gasteiger partial charge in [0.1, 0.15) is 0 Å². The standard InChI is InChI=1S/C27H44N3Si2.Li/c1-21-15-14-16-22(2)25(21)28-32(31(9,10)11)29(19-26(3,4)5)23-17-12-13-18-24(23)30(32)20-27(6,7)8;/h12-18H,19-20H2,1-11H3;/q-1;+1. The summed E-state index contributed by atoms with van der Waals surface area (Å²) in [5.41, 5.74) is 6.92. The molecule has 3 nitrogen and oxygen atoms in total. The van der Waals surface area contributed by atoms with Gasteiger partial charge in [-0.05, 0) is 36.8 Å². The van der Waals surface area contributed by atoms with E-state index in [9.17, 15) is 0 Å². The van der Waals surface area contributed by atoms with Gasteiger partial charge in [0.05, 0.1) is 19.0 Å². The number of benzene rings is 2. The molecule has 176 valence electrons. The molecule has 0 N–H and O–H groups in total. The molecule has 0 aliphatic carbocycles. The molecule has 0 unspecified atom stereocenters. The van der Waals surface area contributed by atoms with Crippen LogP contribution in [0.1, 0.15) is 52.7 Å². The van der Waals surface area contributed by atoms with Crippen molar-refractivity contribution >= 4 is 32.7 Å². The number of anilines is 2. The predicted octanol–water partition coefficient (Wildman–Crippen LogP) is 5.09. The zero-order valence-electron chi connectivity index (χ0n) is 23.3. The summed E-state index contributed by atoms with van der Waals surface area (Å²) in [5.74, 6) is 0. The van der Waals surface area contributed by atoms with Crippen LogP contribution in [-0.2, 0) is 0 Å². The van der Waals surface area contributed by atoms with E-state index in [0.29, 0.717) is 0 Å². The molecular weight excluding hydrogens is 429 g/mol. The van der Waals surface area contributed by atoms with E-state index >= 15 is 0 Å². The Bertz CT molecular complexity index is 907. The van der Waals surface area contributed by atoms with Gasteiger partial charge in [-0.15, -0.1) is 5.69 Å². The fourth-order valence-corrected chi connectivity index (χ4v) is 18.0. The van der Waals surface area contributed by atoms with Gasteiger partial charge in [-0.1, -0.05) is 103 Å². The number of nitrogens with zero attached hydrogens (tertiary/aromatic N) is 3. The van der Waals surface area contributed by atoms with E-state index in [-0.39, 0.29) is 29.7 Å². The molecule has 1 heterocycles. The summed E-state index contributed by atoms with van der Waals surface area (Å²) < 4.78 is 5.60. The second-order valence-electron chi connectivity index (χ2n) is 13.0. The van der Waals surface area contributed by atoms with Crippen LogP contribution in [0.3, 0.4) is 0 Å². The Hall–Kier alpha value is -1.13. The summed E-state index contributed by atoms with van der Waals surface area (Å²) in [6.07, 6.45) is 0. The van der Waals surface area contributed by atoms with Gasteiger partial charge in [0.2, 0.25) is 0 Å². The maximum absolute atomic E-state index is 5.96. The first-order valence-electron chi connectivity index (χ1n) is 12.0. The van der Waals surface area contributed by atoms with E-state index in [0.717, 1.165) is 13.1 Å². The molecule has 0 saturated heterocycles. The largest absolute Gasteiger partial charge is 1.00 e. The number of rotatable bonds is 5. The van der Waals surface area contributed by atoms with Crippen LogP contribution in [-0.4, -0.2) is 28.8 Å². The summed E-state index contributed by atoms with van der Waals surface area (Å²) in [5, 5.41) is 0. The third-order valence-corrected chi connectivity index (χ3v) is 19.0. The minimum atomic E-state index is -2.49. The number of aryl methyl sites for hydroxylation is 2. The second-order valence-corrected chi connectivity index (χ2v) is 26.6. The van der Waals surface area contributed by atoms with Gasteiger partial charge < -0.3 is 14.1 Å². The van der Waals surface area contributed by atoms with Crippen molar-refractivity contribution in [3.05, 3.63) is 58.6 Å². The van der Waals surface area contributed by atoms with Gasteiger partial charge in [0.25, 0.3) is 0 Å². The molecule has 0 spiro atoms. The normalized spacial score (nSPS) is 15.8. The summed E-state index contributed by atoms with van der Waals surface area (Å²) in [7, 11) is -4.29. The topological polar surface area (TPSA) is 20.6 Å². The minimum absolute atomic E-state index is 0. The Morgan fingerprint density at radius 1 is 0.727 bits per heavy atom. The van der Waals surface area contributed by atoms with Crippen molar-refractivity contribution in [3.8, 4) is 0 Å². The Labute approximate surface area is 217 Å². The van der Waals surface area contributed by atoms with E-state index in [2.05, 4.69) is 127 Å². The first kappa shape index (κ1) is 28.1. The molecule has 0 atom stereocenters. The Morgan fingerprint density at radius 2 is 1.12 bits per heavy atom. The van der Waals surface area contributed by atoms with Crippen LogP contribution < -0.4 is 28.0 Å². The Kier molecular flexibility index (Phi) is 8.09. The van der Waals surface area contributed by atoms with Crippen LogP contribution in [0.4, 0.5) is 17.1 Å². The number of hydrogen-bond acceptors (Lipinski definition) is 2. The number of fused-ring (bicyclic) bond motifs is 1. The molecule has 1 aliphatic heterocycles. The van der Waals surface area contributed by atoms with Crippen LogP contribution in [0.2, 0.25) is 19.6 Å². The van der Waals surface area contributed by atoms with Gasteiger partial charge in [0, 0.05) is 13.1 Å². The Balaban J connectivity index is 0.00000385. The molecule has 6 heteroatoms. The van der Waals surface area contributed by atoms with E-state index in [1.54, 1.807) is 0 Å². The van der Waals surface area contributed by atoms with Crippen molar-refractivity contribution in [3.63, 3.8) is 0 Å². The molecule has 0 fully saturated rings. The van der Waals surface area contributed by atoms with Crippen LogP contribution in [0, 0.1) is 24.7 Å². The number of para-hydroxylation sites is 2. The second kappa shape index (κ2) is 9.49. The van der Waals surface area contributed by atoms with Gasteiger partial charge in [0.15, 0.2) is 8.08 Å². The predicted molar refractivity (Wildman–Crippen MR) is 148 cm³/mol. The fraction of sp³-hybridized carbons (Fsp3) is 0.556. The van der Waals surface area contributed by atoms with Gasteiger partial charge in [-0.2, -0.15) is 0 Å². The first-order valence-corrected chi connectivity index (χ1v) is 18.3. The van der Waals surface area contributed by atoms with Crippen LogP contribution >= 0.6 is 0 Å². The molecule has 2 aromatic rings. The van der Waals surface area contributed by atoms with Gasteiger partial charge in [-0.3, -0.25) is 0 Å². The molecular formula is C27H44LiN3Si2. The molecule has 2 aromatic carbocycles. The summed E-state index contributed by atoms with van der Waals surface area (Å²) in [4.78, 5) is 5.96. The number of hydrogen-bond donors (Lipinski definition) is 0. The molecule has 1 aliphatic rings. The fourth-order valence-electron chi connectivity index (χ4n) is 4.98. The van der Waals surface area contributed by atoms with Crippen LogP contribution in [0.25, 0.3) is 4.98 Å². The third kappa shape index (κ3) is 5.59. The van der Waals surface area contributed by atoms with Crippen LogP contribution in [0.15, 0.2) is 42.5 Å². The molecule has 33 heavy (non-hydrogen) atoms. The van der Waals surface area contributed by atoms with Crippen LogP contribution in [0.5, 0.6) is 0 Å². The third-order valence-electron chi connectivity index (χ3n) is 6.19. The average molecular weight is 474 g/mol. The van der Waals surface area contributed by atoms with Crippen molar-refractivity contribution in [1.29, 1.82) is 0 Å². The molecule has 0 saturated carbocycles. The van der Waals surface area contributed by atoms with E-state index in [4.69, 9.17) is 4.98 Å². The summed E-state index contributed by atoms with van der Waals surface area (Å²) >= 11 is 0. The van der Waals surface area contributed by atoms with Gasteiger partial charge in [-0.25, -0.2) is 0 Å². The van der Waals surface area contributed by atoms with Crippen molar-refractivity contribution in [2.24, 2.45) is 10.8 Å². The zero-order valence-corrected chi connectivity index (χ0v) is 25.3. The monoisotopic (exact) mass is 473 g/mol. The van der Waals surface area contributed by atoms with E-state index in [1.165, 1.54) is 28.2 Å². The van der Waals surface area contributed by atoms with Crippen molar-refractivity contribution in [2.45, 2.75) is 75.0 Å². The van der Waals surface area contributed by atoms with Crippen molar-refractivity contribution in [2.75, 3.05) is 22.2 Å². The van der Waals surface area contributed by atoms with Crippen molar-refractivity contribution < 1.29 is 18.9 Å². The Morgan fingerprint density at radius 3 is 1.45 bits per heavy atom. The maximum Gasteiger partial charge on any atom is 1.00 e. The smallest absolute Gasteiger partial charge is 0.655 e. The van der Waals surface area contributed by atoms with E-state index < -0.39 is 15.7 Å². The molecule has 3 rings (SSSR count). The molecule has 0 amide bonds. The zero-order chi connectivity index (χ0) is 24.1. The van der Waals surface area contributed by atoms with Gasteiger partial charge >= 0.3 is 18.9 Å². The molecule has 0 aromatic heterocycles. The molecule has 0 radical (unpaired) electrons. The molecule has 0 bridgehead atoms. The quantitative estimate of drug-likeness (QED) is 0.564. The average Bonchev–Trinajstić information content (AvgIpc) is 2.86. The summed E-state index contributed by atoms with van der Waals surface area (Å²) in [6.45, 7) is 28.3. The first-order chi connectivity index (χ1) is 14.6. The summed E-state index contributed by atoms with van der Waals surface area (Å²) in [6, 6.07) is 15.7.